The maximum absolute atomic E-state index is 12.2. The second-order valence-corrected chi connectivity index (χ2v) is 10.3. The number of methoxy groups -OCH3 is 1. The summed E-state index contributed by atoms with van der Waals surface area (Å²) >= 11 is 0. The molecule has 6 nitrogen and oxygen atoms in total. The minimum atomic E-state index is -0.365. The third-order valence-electron chi connectivity index (χ3n) is 8.48. The molecule has 0 amide bonds. The second-order valence-electron chi connectivity index (χ2n) is 10.3. The minimum absolute atomic E-state index is 0.0800. The molecule has 1 saturated carbocycles. The summed E-state index contributed by atoms with van der Waals surface area (Å²) in [5.41, 5.74) is 0.487. The summed E-state index contributed by atoms with van der Waals surface area (Å²) in [6.07, 6.45) is 12.3. The van der Waals surface area contributed by atoms with Gasteiger partial charge >= 0.3 is 5.97 Å². The predicted octanol–water partition coefficient (Wildman–Crippen LogP) is 4.41. The molecule has 0 aromatic carbocycles. The highest BCUT2D eigenvalue weighted by Gasteiger charge is 2.50. The zero-order valence-corrected chi connectivity index (χ0v) is 19.6. The zero-order valence-electron chi connectivity index (χ0n) is 19.6. The van der Waals surface area contributed by atoms with E-state index in [4.69, 9.17) is 14.2 Å². The van der Waals surface area contributed by atoms with E-state index in [1.54, 1.807) is 14.0 Å². The highest BCUT2D eigenvalue weighted by molar-refractivity contribution is 5.93. The summed E-state index contributed by atoms with van der Waals surface area (Å²) in [6, 6.07) is 0.564. The van der Waals surface area contributed by atoms with E-state index in [2.05, 4.69) is 17.9 Å². The first kappa shape index (κ1) is 22.0. The number of aliphatic hydroxyl groups excluding tert-OH is 1. The largest absolute Gasteiger partial charge is 0.492 e. The number of ether oxygens (including phenoxy) is 3. The van der Waals surface area contributed by atoms with Gasteiger partial charge in [0, 0.05) is 30.5 Å². The van der Waals surface area contributed by atoms with Gasteiger partial charge in [0.15, 0.2) is 11.5 Å². The molecule has 5 rings (SSSR count). The highest BCUT2D eigenvalue weighted by Crippen LogP contribution is 2.49. The Labute approximate surface area is 191 Å². The molecule has 0 radical (unpaired) electrons. The minimum Gasteiger partial charge on any atom is -0.492 e. The Morgan fingerprint density at radius 2 is 1.97 bits per heavy atom. The van der Waals surface area contributed by atoms with E-state index in [0.717, 1.165) is 44.4 Å². The van der Waals surface area contributed by atoms with E-state index >= 15 is 0 Å². The van der Waals surface area contributed by atoms with Crippen molar-refractivity contribution in [2.75, 3.05) is 13.7 Å². The molecule has 5 aliphatic rings. The van der Waals surface area contributed by atoms with Gasteiger partial charge in [-0.1, -0.05) is 39.0 Å². The fourth-order valence-corrected chi connectivity index (χ4v) is 6.88. The lowest BCUT2D eigenvalue weighted by molar-refractivity contribution is -0.133. The topological polar surface area (TPSA) is 68.2 Å². The Balaban J connectivity index is 1.40. The Morgan fingerprint density at radius 3 is 2.72 bits per heavy atom. The molecule has 176 valence electrons. The number of nitrogens with zero attached hydrogens (tertiary/aromatic N) is 1. The van der Waals surface area contributed by atoms with E-state index in [1.165, 1.54) is 25.7 Å². The van der Waals surface area contributed by atoms with Crippen LogP contribution in [0.5, 0.6) is 0 Å². The van der Waals surface area contributed by atoms with E-state index in [1.807, 2.05) is 0 Å². The van der Waals surface area contributed by atoms with Crippen LogP contribution in [0, 0.1) is 17.8 Å². The van der Waals surface area contributed by atoms with Crippen LogP contribution in [-0.4, -0.2) is 47.8 Å². The first-order valence-corrected chi connectivity index (χ1v) is 12.5. The molecule has 4 heterocycles. The molecule has 1 aliphatic carbocycles. The Bertz CT molecular complexity index is 852. The lowest BCUT2D eigenvalue weighted by atomic mass is 9.79. The first-order valence-electron chi connectivity index (χ1n) is 12.5. The number of hydrogen-bond acceptors (Lipinski definition) is 6. The van der Waals surface area contributed by atoms with Gasteiger partial charge in [-0.15, -0.1) is 0 Å². The number of allylic oxidation sites excluding steroid dienone is 1. The SMILES string of the molecule is COC1=C(C)C(=O)OC1=C1OC2=CCCN3[C@@H](CCC[C@H]3[C@@H](O)CC3CCCC3)[C@H]2[C@@H]1C. The van der Waals surface area contributed by atoms with Crippen LogP contribution in [0.3, 0.4) is 0 Å². The van der Waals surface area contributed by atoms with Crippen LogP contribution in [0.15, 0.2) is 34.7 Å². The van der Waals surface area contributed by atoms with Crippen LogP contribution in [0.1, 0.15) is 71.6 Å². The van der Waals surface area contributed by atoms with Gasteiger partial charge in [-0.25, -0.2) is 4.79 Å². The molecule has 0 aromatic rings. The quantitative estimate of drug-likeness (QED) is 0.649. The molecule has 1 N–H and O–H groups in total. The predicted molar refractivity (Wildman–Crippen MR) is 120 cm³/mol. The van der Waals surface area contributed by atoms with Crippen molar-refractivity contribution in [3.05, 3.63) is 34.7 Å². The summed E-state index contributed by atoms with van der Waals surface area (Å²) in [5.74, 6) is 3.24. The molecule has 0 unspecified atom stereocenters. The van der Waals surface area contributed by atoms with Gasteiger partial charge in [0.2, 0.25) is 5.76 Å². The molecular weight excluding hydrogens is 406 g/mol. The van der Waals surface area contributed by atoms with Crippen molar-refractivity contribution < 1.29 is 24.1 Å². The maximum atomic E-state index is 12.2. The van der Waals surface area contributed by atoms with Crippen molar-refractivity contribution in [2.24, 2.45) is 17.8 Å². The molecule has 4 aliphatic heterocycles. The molecule has 0 aromatic heterocycles. The average Bonchev–Trinajstić information content (AvgIpc) is 3.43. The van der Waals surface area contributed by atoms with Gasteiger partial charge in [-0.05, 0) is 44.6 Å². The monoisotopic (exact) mass is 443 g/mol. The van der Waals surface area contributed by atoms with Crippen LogP contribution >= 0.6 is 0 Å². The van der Waals surface area contributed by atoms with Gasteiger partial charge in [0.05, 0.1) is 18.8 Å². The van der Waals surface area contributed by atoms with Crippen molar-refractivity contribution in [3.8, 4) is 0 Å². The van der Waals surface area contributed by atoms with Crippen molar-refractivity contribution in [1.29, 1.82) is 0 Å². The fourth-order valence-electron chi connectivity index (χ4n) is 6.88. The van der Waals surface area contributed by atoms with Crippen LogP contribution in [0.2, 0.25) is 0 Å². The van der Waals surface area contributed by atoms with Crippen LogP contribution < -0.4 is 0 Å². The summed E-state index contributed by atoms with van der Waals surface area (Å²) in [6.45, 7) is 4.87. The van der Waals surface area contributed by atoms with E-state index in [0.29, 0.717) is 34.8 Å². The van der Waals surface area contributed by atoms with Crippen molar-refractivity contribution in [2.45, 2.75) is 89.8 Å². The molecule has 32 heavy (non-hydrogen) atoms. The first-order chi connectivity index (χ1) is 15.5. The number of carbonyl (C=O) groups is 1. The lowest BCUT2D eigenvalue weighted by Crippen LogP contribution is -2.55. The van der Waals surface area contributed by atoms with Gasteiger partial charge < -0.3 is 19.3 Å². The van der Waals surface area contributed by atoms with Crippen LogP contribution in [0.25, 0.3) is 0 Å². The molecule has 3 fully saturated rings. The van der Waals surface area contributed by atoms with Crippen molar-refractivity contribution in [3.63, 3.8) is 0 Å². The molecule has 5 atom stereocenters. The van der Waals surface area contributed by atoms with Crippen molar-refractivity contribution in [1.82, 2.24) is 4.90 Å². The molecular formula is C26H37NO5. The number of cyclic esters (lactones) is 1. The smallest absolute Gasteiger partial charge is 0.343 e. The zero-order chi connectivity index (χ0) is 22.4. The number of esters is 1. The van der Waals surface area contributed by atoms with E-state index in [9.17, 15) is 9.90 Å². The number of fused-ring (bicyclic) bond motifs is 3. The lowest BCUT2D eigenvalue weighted by Gasteiger charge is -2.46. The average molecular weight is 444 g/mol. The summed E-state index contributed by atoms with van der Waals surface area (Å²) in [5, 5.41) is 11.2. The molecule has 2 saturated heterocycles. The number of rotatable bonds is 4. The molecule has 0 spiro atoms. The van der Waals surface area contributed by atoms with Gasteiger partial charge in [0.1, 0.15) is 5.76 Å². The van der Waals surface area contributed by atoms with Crippen LogP contribution in [0.4, 0.5) is 0 Å². The Kier molecular flexibility index (Phi) is 6.10. The Hall–Kier alpha value is -1.79. The molecule has 0 bridgehead atoms. The summed E-state index contributed by atoms with van der Waals surface area (Å²) in [7, 11) is 1.57. The number of aliphatic hydroxyl groups is 1. The van der Waals surface area contributed by atoms with E-state index in [-0.39, 0.29) is 30.0 Å². The summed E-state index contributed by atoms with van der Waals surface area (Å²) in [4.78, 5) is 14.8. The van der Waals surface area contributed by atoms with Crippen LogP contribution in [-0.2, 0) is 19.0 Å². The molecule has 6 heteroatoms. The van der Waals surface area contributed by atoms with Gasteiger partial charge in [-0.3, -0.25) is 4.90 Å². The standard InChI is InChI=1S/C26H37NO5/c1-15-22-19-11-6-10-18(20(28)14-17-8-4-5-9-17)27(19)13-7-12-21(22)31-24(15)25-23(30-3)16(2)26(29)32-25/h12,15,17-20,22,28H,4-11,13-14H2,1-3H3/t15-,18-,19-,20-,22+/m0/s1. The third kappa shape index (κ3) is 3.69. The third-order valence-corrected chi connectivity index (χ3v) is 8.48. The normalized spacial score (nSPS) is 36.9. The Morgan fingerprint density at radius 1 is 1.19 bits per heavy atom. The number of hydrogen-bond donors (Lipinski definition) is 1. The number of piperidine rings is 1. The number of carbonyl (C=O) groups excluding carboxylic acids is 1. The fraction of sp³-hybridized carbons (Fsp3) is 0.731. The van der Waals surface area contributed by atoms with Gasteiger partial charge in [0.25, 0.3) is 0 Å². The van der Waals surface area contributed by atoms with Gasteiger partial charge in [-0.2, -0.15) is 0 Å². The maximum Gasteiger partial charge on any atom is 0.343 e. The van der Waals surface area contributed by atoms with E-state index < -0.39 is 0 Å². The second kappa shape index (κ2) is 8.86. The van der Waals surface area contributed by atoms with Crippen molar-refractivity contribution >= 4 is 5.97 Å². The summed E-state index contributed by atoms with van der Waals surface area (Å²) < 4.78 is 17.5. The highest BCUT2D eigenvalue weighted by atomic mass is 16.6.